The first kappa shape index (κ1) is 18.5. The van der Waals surface area contributed by atoms with E-state index in [0.717, 1.165) is 16.8 Å². The van der Waals surface area contributed by atoms with E-state index < -0.39 is 6.04 Å². The van der Waals surface area contributed by atoms with Gasteiger partial charge in [0.15, 0.2) is 0 Å². The Bertz CT molecular complexity index is 787. The van der Waals surface area contributed by atoms with Crippen molar-refractivity contribution in [1.82, 2.24) is 4.90 Å². The molecule has 0 bridgehead atoms. The summed E-state index contributed by atoms with van der Waals surface area (Å²) in [5.41, 5.74) is 3.74. The van der Waals surface area contributed by atoms with Crippen molar-refractivity contribution in [3.05, 3.63) is 65.0 Å². The van der Waals surface area contributed by atoms with Gasteiger partial charge in [0.25, 0.3) is 0 Å². The molecule has 26 heavy (non-hydrogen) atoms. The summed E-state index contributed by atoms with van der Waals surface area (Å²) in [6, 6.07) is 11.8. The van der Waals surface area contributed by atoms with E-state index in [-0.39, 0.29) is 11.7 Å². The summed E-state index contributed by atoms with van der Waals surface area (Å²) in [4.78, 5) is 17.2. The number of aryl methyl sites for hydroxylation is 2. The van der Waals surface area contributed by atoms with Crippen molar-refractivity contribution in [2.24, 2.45) is 0 Å². The van der Waals surface area contributed by atoms with Crippen LogP contribution < -0.4 is 4.90 Å². The molecule has 2 aromatic carbocycles. The third kappa shape index (κ3) is 3.94. The van der Waals surface area contributed by atoms with Gasteiger partial charge in [-0.2, -0.15) is 0 Å². The van der Waals surface area contributed by atoms with E-state index >= 15 is 0 Å². The number of rotatable bonds is 4. The van der Waals surface area contributed by atoms with Crippen molar-refractivity contribution in [2.75, 3.05) is 38.3 Å². The van der Waals surface area contributed by atoms with Crippen LogP contribution in [0.2, 0.25) is 0 Å². The van der Waals surface area contributed by atoms with E-state index in [1.54, 1.807) is 18.0 Å². The van der Waals surface area contributed by atoms with Crippen molar-refractivity contribution in [3.63, 3.8) is 0 Å². The summed E-state index contributed by atoms with van der Waals surface area (Å²) in [7, 11) is 1.78. The monoisotopic (exact) mass is 356 g/mol. The van der Waals surface area contributed by atoms with Crippen LogP contribution in [0.25, 0.3) is 0 Å². The first-order valence-electron chi connectivity index (χ1n) is 8.89. The number of hydrogen-bond acceptors (Lipinski definition) is 3. The van der Waals surface area contributed by atoms with Gasteiger partial charge in [-0.25, -0.2) is 4.39 Å². The zero-order valence-corrected chi connectivity index (χ0v) is 15.5. The highest BCUT2D eigenvalue weighted by Gasteiger charge is 2.32. The maximum atomic E-state index is 13.8. The largest absolute Gasteiger partial charge is 0.379 e. The fourth-order valence-electron chi connectivity index (χ4n) is 3.51. The molecule has 4 nitrogen and oxygen atoms in total. The predicted molar refractivity (Wildman–Crippen MR) is 101 cm³/mol. The van der Waals surface area contributed by atoms with E-state index in [4.69, 9.17) is 4.74 Å². The van der Waals surface area contributed by atoms with Gasteiger partial charge in [-0.1, -0.05) is 29.8 Å². The molecule has 1 fully saturated rings. The van der Waals surface area contributed by atoms with Crippen LogP contribution in [0.4, 0.5) is 10.1 Å². The van der Waals surface area contributed by atoms with Crippen molar-refractivity contribution in [3.8, 4) is 0 Å². The molecule has 0 unspecified atom stereocenters. The molecule has 1 aliphatic heterocycles. The fraction of sp³-hybridized carbons (Fsp3) is 0.381. The van der Waals surface area contributed by atoms with E-state index in [9.17, 15) is 9.18 Å². The van der Waals surface area contributed by atoms with Gasteiger partial charge in [-0.3, -0.25) is 9.69 Å². The summed E-state index contributed by atoms with van der Waals surface area (Å²) >= 11 is 0. The molecule has 1 amide bonds. The highest BCUT2D eigenvalue weighted by atomic mass is 19.1. The zero-order valence-electron chi connectivity index (χ0n) is 15.5. The second-order valence-corrected chi connectivity index (χ2v) is 6.79. The molecule has 5 heteroatoms. The third-order valence-corrected chi connectivity index (χ3v) is 4.85. The molecular formula is C21H25FN2O2. The minimum Gasteiger partial charge on any atom is -0.379 e. The molecule has 0 aliphatic carbocycles. The SMILES string of the molecule is Cc1ccc(N(C)C(=O)[C@H](c2cccc(F)c2)N2CCOCC2)c(C)c1. The van der Waals surface area contributed by atoms with Crippen LogP contribution in [0, 0.1) is 19.7 Å². The molecule has 0 N–H and O–H groups in total. The topological polar surface area (TPSA) is 32.8 Å². The number of morpholine rings is 1. The van der Waals surface area contributed by atoms with Crippen molar-refractivity contribution in [1.29, 1.82) is 0 Å². The Morgan fingerprint density at radius 3 is 2.54 bits per heavy atom. The Morgan fingerprint density at radius 2 is 1.88 bits per heavy atom. The standard InChI is InChI=1S/C21H25FN2O2/c1-15-7-8-19(16(2)13-15)23(3)21(25)20(24-9-11-26-12-10-24)17-5-4-6-18(22)14-17/h4-8,13-14,20H,9-12H2,1-3H3/t20-/m0/s1. The maximum absolute atomic E-state index is 13.8. The molecule has 138 valence electrons. The molecule has 1 saturated heterocycles. The Labute approximate surface area is 154 Å². The molecular weight excluding hydrogens is 331 g/mol. The molecule has 0 aromatic heterocycles. The molecule has 1 aliphatic rings. The lowest BCUT2D eigenvalue weighted by atomic mass is 10.0. The second kappa shape index (κ2) is 7.98. The van der Waals surface area contributed by atoms with Crippen LogP contribution in [0.5, 0.6) is 0 Å². The van der Waals surface area contributed by atoms with E-state index in [1.807, 2.05) is 32.0 Å². The van der Waals surface area contributed by atoms with Crippen molar-refractivity contribution < 1.29 is 13.9 Å². The van der Waals surface area contributed by atoms with Gasteiger partial charge in [0.2, 0.25) is 5.91 Å². The number of carbonyl (C=O) groups is 1. The number of likely N-dealkylation sites (N-methyl/N-ethyl adjacent to an activating group) is 1. The Balaban J connectivity index is 1.96. The van der Waals surface area contributed by atoms with E-state index in [1.165, 1.54) is 12.1 Å². The number of ether oxygens (including phenoxy) is 1. The van der Waals surface area contributed by atoms with Crippen molar-refractivity contribution >= 4 is 11.6 Å². The zero-order chi connectivity index (χ0) is 18.7. The number of halogens is 1. The highest BCUT2D eigenvalue weighted by molar-refractivity contribution is 5.98. The molecule has 2 aromatic rings. The molecule has 0 spiro atoms. The smallest absolute Gasteiger partial charge is 0.248 e. The van der Waals surface area contributed by atoms with Crippen LogP contribution >= 0.6 is 0 Å². The molecule has 0 radical (unpaired) electrons. The maximum Gasteiger partial charge on any atom is 0.248 e. The molecule has 1 heterocycles. The second-order valence-electron chi connectivity index (χ2n) is 6.79. The van der Waals surface area contributed by atoms with Gasteiger partial charge >= 0.3 is 0 Å². The van der Waals surface area contributed by atoms with Gasteiger partial charge in [-0.15, -0.1) is 0 Å². The van der Waals surface area contributed by atoms with Crippen LogP contribution in [-0.2, 0) is 9.53 Å². The summed E-state index contributed by atoms with van der Waals surface area (Å²) in [6.07, 6.45) is 0. The van der Waals surface area contributed by atoms with Crippen LogP contribution in [0.1, 0.15) is 22.7 Å². The normalized spacial score (nSPS) is 16.3. The van der Waals surface area contributed by atoms with Crippen LogP contribution in [0.15, 0.2) is 42.5 Å². The summed E-state index contributed by atoms with van der Waals surface area (Å²) in [5.74, 6) is -0.396. The number of nitrogens with zero attached hydrogens (tertiary/aromatic N) is 2. The third-order valence-electron chi connectivity index (χ3n) is 4.85. The van der Waals surface area contributed by atoms with Gasteiger partial charge in [0, 0.05) is 25.8 Å². The molecule has 3 rings (SSSR count). The number of anilines is 1. The average molecular weight is 356 g/mol. The fourth-order valence-corrected chi connectivity index (χ4v) is 3.51. The minimum atomic E-state index is -0.527. The minimum absolute atomic E-state index is 0.0653. The number of amides is 1. The lowest BCUT2D eigenvalue weighted by molar-refractivity contribution is -0.125. The highest BCUT2D eigenvalue weighted by Crippen LogP contribution is 2.28. The van der Waals surface area contributed by atoms with Gasteiger partial charge in [0.1, 0.15) is 11.9 Å². The first-order chi connectivity index (χ1) is 12.5. The van der Waals surface area contributed by atoms with Crippen LogP contribution in [-0.4, -0.2) is 44.2 Å². The number of hydrogen-bond donors (Lipinski definition) is 0. The molecule has 1 atom stereocenters. The lowest BCUT2D eigenvalue weighted by Crippen LogP contribution is -2.46. The van der Waals surface area contributed by atoms with E-state index in [2.05, 4.69) is 11.0 Å². The average Bonchev–Trinajstić information content (AvgIpc) is 2.62. The summed E-state index contributed by atoms with van der Waals surface area (Å²) in [5, 5.41) is 0. The Morgan fingerprint density at radius 1 is 1.15 bits per heavy atom. The first-order valence-corrected chi connectivity index (χ1v) is 8.89. The Kier molecular flexibility index (Phi) is 5.69. The lowest BCUT2D eigenvalue weighted by Gasteiger charge is -2.36. The predicted octanol–water partition coefficient (Wildman–Crippen LogP) is 3.48. The van der Waals surface area contributed by atoms with E-state index in [0.29, 0.717) is 31.9 Å². The van der Waals surface area contributed by atoms with Gasteiger partial charge < -0.3 is 9.64 Å². The number of carbonyl (C=O) groups excluding carboxylic acids is 1. The summed E-state index contributed by atoms with van der Waals surface area (Å²) in [6.45, 7) is 6.47. The Hall–Kier alpha value is -2.24. The number of benzene rings is 2. The van der Waals surface area contributed by atoms with Gasteiger partial charge in [0.05, 0.1) is 13.2 Å². The molecule has 0 saturated carbocycles. The quantitative estimate of drug-likeness (QED) is 0.841. The summed E-state index contributed by atoms with van der Waals surface area (Å²) < 4.78 is 19.2. The van der Waals surface area contributed by atoms with Crippen molar-refractivity contribution in [2.45, 2.75) is 19.9 Å². The van der Waals surface area contributed by atoms with Gasteiger partial charge in [-0.05, 0) is 43.2 Å². The van der Waals surface area contributed by atoms with Crippen LogP contribution in [0.3, 0.4) is 0 Å².